The Morgan fingerprint density at radius 1 is 1.35 bits per heavy atom. The molecule has 0 unspecified atom stereocenters. The number of nitrogens with two attached hydrogens (primary N) is 1. The molecule has 1 aliphatic heterocycles. The summed E-state index contributed by atoms with van der Waals surface area (Å²) in [6, 6.07) is 6.22. The number of carbonyl (C=O) groups is 2. The van der Waals surface area contributed by atoms with Gasteiger partial charge in [-0.05, 0) is 56.8 Å². The molecule has 2 amide bonds. The van der Waals surface area contributed by atoms with Crippen molar-refractivity contribution >= 4 is 11.8 Å². The lowest BCUT2D eigenvalue weighted by Gasteiger charge is -2.30. The highest BCUT2D eigenvalue weighted by molar-refractivity contribution is 5.79. The van der Waals surface area contributed by atoms with Crippen LogP contribution in [0.4, 0.5) is 0 Å². The molecule has 0 bridgehead atoms. The maximum Gasteiger partial charge on any atom is 0.234 e. The Morgan fingerprint density at radius 3 is 2.74 bits per heavy atom. The van der Waals surface area contributed by atoms with Gasteiger partial charge in [-0.15, -0.1) is 0 Å². The van der Waals surface area contributed by atoms with E-state index in [4.69, 9.17) is 5.73 Å². The van der Waals surface area contributed by atoms with Crippen LogP contribution in [0.3, 0.4) is 0 Å². The fraction of sp³-hybridized carbons (Fsp3) is 0.556. The molecule has 0 spiro atoms. The molecule has 3 N–H and O–H groups in total. The lowest BCUT2D eigenvalue weighted by Crippen LogP contribution is -2.45. The molecule has 5 nitrogen and oxygen atoms in total. The van der Waals surface area contributed by atoms with Gasteiger partial charge in [-0.2, -0.15) is 0 Å². The molecule has 23 heavy (non-hydrogen) atoms. The number of nitrogens with one attached hydrogen (secondary N) is 1. The third-order valence-corrected chi connectivity index (χ3v) is 4.68. The Kier molecular flexibility index (Phi) is 5.77. The Hall–Kier alpha value is -1.88. The van der Waals surface area contributed by atoms with Gasteiger partial charge in [0.25, 0.3) is 0 Å². The molecular weight excluding hydrogens is 290 g/mol. The molecule has 0 radical (unpaired) electrons. The summed E-state index contributed by atoms with van der Waals surface area (Å²) in [5.74, 6) is -0.409. The van der Waals surface area contributed by atoms with Crippen LogP contribution in [0.2, 0.25) is 0 Å². The van der Waals surface area contributed by atoms with E-state index >= 15 is 0 Å². The van der Waals surface area contributed by atoms with Crippen LogP contribution >= 0.6 is 0 Å². The second-order valence-electron chi connectivity index (χ2n) is 6.61. The minimum atomic E-state index is -0.265. The van der Waals surface area contributed by atoms with Crippen molar-refractivity contribution in [3.8, 4) is 0 Å². The van der Waals surface area contributed by atoms with Crippen LogP contribution in [-0.4, -0.2) is 36.3 Å². The van der Waals surface area contributed by atoms with Gasteiger partial charge in [0.05, 0.1) is 18.5 Å². The van der Waals surface area contributed by atoms with Crippen molar-refractivity contribution in [3.63, 3.8) is 0 Å². The van der Waals surface area contributed by atoms with Gasteiger partial charge in [-0.1, -0.05) is 18.2 Å². The zero-order chi connectivity index (χ0) is 17.0. The number of nitrogens with zero attached hydrogens (tertiary/aromatic N) is 1. The Morgan fingerprint density at radius 2 is 2.09 bits per heavy atom. The molecule has 0 saturated carbocycles. The number of aryl methyl sites for hydroxylation is 2. The molecule has 1 saturated heterocycles. The van der Waals surface area contributed by atoms with Gasteiger partial charge < -0.3 is 11.1 Å². The van der Waals surface area contributed by atoms with E-state index < -0.39 is 0 Å². The number of likely N-dealkylation sites (tertiary alicyclic amines) is 1. The van der Waals surface area contributed by atoms with Crippen molar-refractivity contribution in [1.82, 2.24) is 10.2 Å². The first-order chi connectivity index (χ1) is 10.9. The standard InChI is InChI=1S/C18H27N3O2/c1-12-6-7-15(9-13(12)2)14(3)20-17(22)11-21-8-4-5-16(10-21)18(19)23/h6-7,9,14,16H,4-5,8,10-11H2,1-3H3,(H2,19,23)(H,20,22)/t14-,16-/m0/s1. The molecule has 1 aromatic rings. The monoisotopic (exact) mass is 317 g/mol. The minimum absolute atomic E-state index is 0.0131. The second-order valence-corrected chi connectivity index (χ2v) is 6.61. The van der Waals surface area contributed by atoms with E-state index in [0.717, 1.165) is 24.9 Å². The molecule has 2 atom stereocenters. The largest absolute Gasteiger partial charge is 0.369 e. The van der Waals surface area contributed by atoms with E-state index in [0.29, 0.717) is 13.1 Å². The average molecular weight is 317 g/mol. The van der Waals surface area contributed by atoms with E-state index in [1.165, 1.54) is 11.1 Å². The van der Waals surface area contributed by atoms with Crippen molar-refractivity contribution in [2.75, 3.05) is 19.6 Å². The van der Waals surface area contributed by atoms with E-state index in [1.54, 1.807) is 0 Å². The van der Waals surface area contributed by atoms with Crippen molar-refractivity contribution in [2.45, 2.75) is 39.7 Å². The maximum absolute atomic E-state index is 12.3. The Bertz CT molecular complexity index is 586. The van der Waals surface area contributed by atoms with Crippen LogP contribution in [0.25, 0.3) is 0 Å². The third kappa shape index (κ3) is 4.79. The molecule has 1 aliphatic rings. The first kappa shape index (κ1) is 17.5. The summed E-state index contributed by atoms with van der Waals surface area (Å²) in [6.45, 7) is 7.89. The highest BCUT2D eigenvalue weighted by atomic mass is 16.2. The fourth-order valence-corrected chi connectivity index (χ4v) is 3.04. The highest BCUT2D eigenvalue weighted by Gasteiger charge is 2.25. The SMILES string of the molecule is Cc1ccc([C@H](C)NC(=O)CN2CCC[C@H](C(N)=O)C2)cc1C. The number of benzene rings is 1. The molecule has 1 fully saturated rings. The van der Waals surface area contributed by atoms with Gasteiger partial charge in [-0.25, -0.2) is 0 Å². The zero-order valence-electron chi connectivity index (χ0n) is 14.3. The number of primary amides is 1. The summed E-state index contributed by atoms with van der Waals surface area (Å²) in [6.07, 6.45) is 1.74. The summed E-state index contributed by atoms with van der Waals surface area (Å²) in [5.41, 5.74) is 8.96. The quantitative estimate of drug-likeness (QED) is 0.867. The van der Waals surface area contributed by atoms with Crippen molar-refractivity contribution in [3.05, 3.63) is 34.9 Å². The number of rotatable bonds is 5. The maximum atomic E-state index is 12.3. The molecular formula is C18H27N3O2. The van der Waals surface area contributed by atoms with E-state index in [9.17, 15) is 9.59 Å². The summed E-state index contributed by atoms with van der Waals surface area (Å²) < 4.78 is 0. The lowest BCUT2D eigenvalue weighted by molar-refractivity contribution is -0.127. The molecule has 1 aromatic carbocycles. The highest BCUT2D eigenvalue weighted by Crippen LogP contribution is 2.18. The number of carbonyl (C=O) groups excluding carboxylic acids is 2. The van der Waals surface area contributed by atoms with Crippen molar-refractivity contribution in [1.29, 1.82) is 0 Å². The smallest absolute Gasteiger partial charge is 0.234 e. The van der Waals surface area contributed by atoms with Crippen LogP contribution in [0.1, 0.15) is 42.5 Å². The zero-order valence-corrected chi connectivity index (χ0v) is 14.3. The second kappa shape index (κ2) is 7.59. The predicted octanol–water partition coefficient (Wildman–Crippen LogP) is 1.68. The third-order valence-electron chi connectivity index (χ3n) is 4.68. The van der Waals surface area contributed by atoms with Gasteiger partial charge in [0.15, 0.2) is 0 Å². The normalized spacial score (nSPS) is 20.0. The van der Waals surface area contributed by atoms with E-state index in [-0.39, 0.29) is 23.8 Å². The topological polar surface area (TPSA) is 75.4 Å². The number of amides is 2. The van der Waals surface area contributed by atoms with Gasteiger partial charge >= 0.3 is 0 Å². The van der Waals surface area contributed by atoms with Gasteiger partial charge in [0, 0.05) is 6.54 Å². The molecule has 1 heterocycles. The molecule has 126 valence electrons. The van der Waals surface area contributed by atoms with Crippen LogP contribution in [0.5, 0.6) is 0 Å². The molecule has 2 rings (SSSR count). The van der Waals surface area contributed by atoms with Crippen molar-refractivity contribution in [2.24, 2.45) is 11.7 Å². The van der Waals surface area contributed by atoms with Crippen LogP contribution in [0.15, 0.2) is 18.2 Å². The van der Waals surface area contributed by atoms with E-state index in [2.05, 4.69) is 37.4 Å². The van der Waals surface area contributed by atoms with Crippen LogP contribution < -0.4 is 11.1 Å². The Labute approximate surface area is 138 Å². The number of piperidine rings is 1. The Balaban J connectivity index is 1.88. The summed E-state index contributed by atoms with van der Waals surface area (Å²) in [4.78, 5) is 25.6. The number of hydrogen-bond donors (Lipinski definition) is 2. The first-order valence-corrected chi connectivity index (χ1v) is 8.25. The van der Waals surface area contributed by atoms with Gasteiger partial charge in [0.2, 0.25) is 11.8 Å². The molecule has 0 aliphatic carbocycles. The summed E-state index contributed by atoms with van der Waals surface area (Å²) in [7, 11) is 0. The van der Waals surface area contributed by atoms with Crippen LogP contribution in [0, 0.1) is 19.8 Å². The molecule has 5 heteroatoms. The predicted molar refractivity (Wildman–Crippen MR) is 90.8 cm³/mol. The van der Waals surface area contributed by atoms with E-state index in [1.807, 2.05) is 11.8 Å². The lowest BCUT2D eigenvalue weighted by atomic mass is 9.97. The minimum Gasteiger partial charge on any atom is -0.369 e. The van der Waals surface area contributed by atoms with Gasteiger partial charge in [-0.3, -0.25) is 14.5 Å². The summed E-state index contributed by atoms with van der Waals surface area (Å²) >= 11 is 0. The molecule has 0 aromatic heterocycles. The van der Waals surface area contributed by atoms with Crippen LogP contribution in [-0.2, 0) is 9.59 Å². The first-order valence-electron chi connectivity index (χ1n) is 8.25. The summed E-state index contributed by atoms with van der Waals surface area (Å²) in [5, 5.41) is 3.04. The average Bonchev–Trinajstić information content (AvgIpc) is 2.50. The fourth-order valence-electron chi connectivity index (χ4n) is 3.04. The van der Waals surface area contributed by atoms with Gasteiger partial charge in [0.1, 0.15) is 0 Å². The van der Waals surface area contributed by atoms with Crippen molar-refractivity contribution < 1.29 is 9.59 Å². The number of hydrogen-bond acceptors (Lipinski definition) is 3.